The number of nitrogens with zero attached hydrogens (tertiary/aromatic N) is 6. The second kappa shape index (κ2) is 6.10. The van der Waals surface area contributed by atoms with E-state index >= 15 is 0 Å². The SMILES string of the molecule is CO[C@@H]1CC[C@@H](N=[N+]=[N-])[C@@H](CN=[N+]=[N-])O1. The van der Waals surface area contributed by atoms with Crippen LogP contribution >= 0.6 is 0 Å². The quantitative estimate of drug-likeness (QED) is 0.403. The molecule has 0 N–H and O–H groups in total. The average molecular weight is 212 g/mol. The smallest absolute Gasteiger partial charge is 0.157 e. The summed E-state index contributed by atoms with van der Waals surface area (Å²) in [6.45, 7) is 0.153. The second-order valence-electron chi connectivity index (χ2n) is 3.10. The van der Waals surface area contributed by atoms with Gasteiger partial charge in [-0.15, -0.1) is 0 Å². The lowest BCUT2D eigenvalue weighted by atomic mass is 10.0. The second-order valence-corrected chi connectivity index (χ2v) is 3.10. The van der Waals surface area contributed by atoms with Crippen LogP contribution in [0.3, 0.4) is 0 Å². The molecule has 1 saturated heterocycles. The van der Waals surface area contributed by atoms with Gasteiger partial charge in [0.2, 0.25) is 0 Å². The molecule has 82 valence electrons. The first-order valence-electron chi connectivity index (χ1n) is 4.55. The number of hydrogen-bond acceptors (Lipinski definition) is 4. The fourth-order valence-electron chi connectivity index (χ4n) is 1.50. The maximum atomic E-state index is 8.35. The van der Waals surface area contributed by atoms with Crippen molar-refractivity contribution in [2.24, 2.45) is 10.2 Å². The highest BCUT2D eigenvalue weighted by Gasteiger charge is 2.29. The maximum absolute atomic E-state index is 8.35. The van der Waals surface area contributed by atoms with Crippen molar-refractivity contribution < 1.29 is 9.47 Å². The number of ether oxygens (including phenoxy) is 2. The lowest BCUT2D eigenvalue weighted by molar-refractivity contribution is -0.182. The summed E-state index contributed by atoms with van der Waals surface area (Å²) in [5.41, 5.74) is 16.6. The van der Waals surface area contributed by atoms with Crippen LogP contribution in [0, 0.1) is 0 Å². The van der Waals surface area contributed by atoms with E-state index in [1.807, 2.05) is 0 Å². The Balaban J connectivity index is 2.63. The van der Waals surface area contributed by atoms with Gasteiger partial charge in [-0.1, -0.05) is 10.2 Å². The van der Waals surface area contributed by atoms with Gasteiger partial charge >= 0.3 is 0 Å². The molecule has 8 nitrogen and oxygen atoms in total. The summed E-state index contributed by atoms with van der Waals surface area (Å²) in [6.07, 6.45) is 0.644. The predicted molar refractivity (Wildman–Crippen MR) is 51.9 cm³/mol. The molecule has 0 aromatic carbocycles. The first kappa shape index (κ1) is 11.6. The van der Waals surface area contributed by atoms with Gasteiger partial charge in [-0.05, 0) is 23.9 Å². The lowest BCUT2D eigenvalue weighted by Crippen LogP contribution is -2.40. The van der Waals surface area contributed by atoms with Gasteiger partial charge in [-0.3, -0.25) is 0 Å². The molecule has 1 heterocycles. The van der Waals surface area contributed by atoms with Gasteiger partial charge in [-0.2, -0.15) is 0 Å². The number of hydrogen-bond donors (Lipinski definition) is 0. The topological polar surface area (TPSA) is 116 Å². The standard InChI is InChI=1S/C7H12N6O2/c1-14-7-3-2-5(11-13-9)6(15-7)4-10-12-8/h5-7H,2-4H2,1H3/t5-,6-,7+/m1/s1. The van der Waals surface area contributed by atoms with Crippen molar-refractivity contribution in [3.05, 3.63) is 20.9 Å². The fourth-order valence-corrected chi connectivity index (χ4v) is 1.50. The molecule has 0 saturated carbocycles. The van der Waals surface area contributed by atoms with Gasteiger partial charge < -0.3 is 9.47 Å². The molecule has 0 spiro atoms. The molecule has 1 rings (SSSR count). The minimum atomic E-state index is -0.393. The molecule has 1 aliphatic rings. The van der Waals surface area contributed by atoms with E-state index in [2.05, 4.69) is 20.1 Å². The highest BCUT2D eigenvalue weighted by molar-refractivity contribution is 4.84. The third kappa shape index (κ3) is 3.30. The van der Waals surface area contributed by atoms with Gasteiger partial charge in [0.15, 0.2) is 6.29 Å². The zero-order chi connectivity index (χ0) is 11.1. The Labute approximate surface area is 86.4 Å². The highest BCUT2D eigenvalue weighted by atomic mass is 16.7. The Kier molecular flexibility index (Phi) is 4.73. The van der Waals surface area contributed by atoms with Crippen LogP contribution in [0.1, 0.15) is 12.8 Å². The number of rotatable bonds is 4. The first-order chi connectivity index (χ1) is 7.31. The van der Waals surface area contributed by atoms with E-state index in [1.54, 1.807) is 7.11 Å². The zero-order valence-electron chi connectivity index (χ0n) is 8.35. The molecule has 8 heteroatoms. The molecule has 1 fully saturated rings. The first-order valence-corrected chi connectivity index (χ1v) is 4.55. The molecule has 1 aliphatic heterocycles. The van der Waals surface area contributed by atoms with Crippen molar-refractivity contribution >= 4 is 0 Å². The Morgan fingerprint density at radius 2 is 2.20 bits per heavy atom. The largest absolute Gasteiger partial charge is 0.356 e. The molecule has 0 amide bonds. The molecular weight excluding hydrogens is 200 g/mol. The Bertz CT molecular complexity index is 296. The molecule has 3 atom stereocenters. The van der Waals surface area contributed by atoms with Gasteiger partial charge in [-0.25, -0.2) is 0 Å². The monoisotopic (exact) mass is 212 g/mol. The lowest BCUT2D eigenvalue weighted by Gasteiger charge is -2.32. The van der Waals surface area contributed by atoms with E-state index in [9.17, 15) is 0 Å². The maximum Gasteiger partial charge on any atom is 0.157 e. The van der Waals surface area contributed by atoms with Crippen LogP contribution in [0.25, 0.3) is 20.9 Å². The van der Waals surface area contributed by atoms with Crippen molar-refractivity contribution in [2.75, 3.05) is 13.7 Å². The van der Waals surface area contributed by atoms with Crippen molar-refractivity contribution in [3.8, 4) is 0 Å². The van der Waals surface area contributed by atoms with Crippen LogP contribution in [-0.4, -0.2) is 32.1 Å². The van der Waals surface area contributed by atoms with Gasteiger partial charge in [0, 0.05) is 16.9 Å². The van der Waals surface area contributed by atoms with Crippen molar-refractivity contribution in [1.82, 2.24) is 0 Å². The minimum absolute atomic E-state index is 0.153. The summed E-state index contributed by atoms with van der Waals surface area (Å²) in [5.74, 6) is 0. The van der Waals surface area contributed by atoms with Gasteiger partial charge in [0.05, 0.1) is 18.7 Å². The summed E-state index contributed by atoms with van der Waals surface area (Å²) in [5, 5.41) is 7.02. The molecule has 0 radical (unpaired) electrons. The Morgan fingerprint density at radius 1 is 1.40 bits per heavy atom. The van der Waals surface area contributed by atoms with E-state index < -0.39 is 6.10 Å². The minimum Gasteiger partial charge on any atom is -0.356 e. The Morgan fingerprint density at radius 3 is 2.80 bits per heavy atom. The summed E-state index contributed by atoms with van der Waals surface area (Å²) in [4.78, 5) is 5.38. The molecule has 0 aromatic rings. The van der Waals surface area contributed by atoms with Crippen molar-refractivity contribution in [1.29, 1.82) is 0 Å². The third-order valence-corrected chi connectivity index (χ3v) is 2.24. The molecule has 0 unspecified atom stereocenters. The van der Waals surface area contributed by atoms with Crippen LogP contribution in [0.15, 0.2) is 10.2 Å². The van der Waals surface area contributed by atoms with E-state index in [-0.39, 0.29) is 18.9 Å². The van der Waals surface area contributed by atoms with E-state index in [4.69, 9.17) is 20.5 Å². The fraction of sp³-hybridized carbons (Fsp3) is 1.00. The van der Waals surface area contributed by atoms with Crippen LogP contribution in [0.4, 0.5) is 0 Å². The molecule has 0 aromatic heterocycles. The Hall–Kier alpha value is -1.46. The van der Waals surface area contributed by atoms with E-state index in [0.717, 1.165) is 0 Å². The van der Waals surface area contributed by atoms with Crippen LogP contribution in [-0.2, 0) is 9.47 Å². The van der Waals surface area contributed by atoms with Gasteiger partial charge in [0.1, 0.15) is 0 Å². The molecule has 0 aliphatic carbocycles. The van der Waals surface area contributed by atoms with Gasteiger partial charge in [0.25, 0.3) is 0 Å². The molecular formula is C7H12N6O2. The number of methoxy groups -OCH3 is 1. The summed E-state index contributed by atoms with van der Waals surface area (Å²) in [6, 6.07) is -0.285. The normalized spacial score (nSPS) is 30.1. The zero-order valence-corrected chi connectivity index (χ0v) is 8.35. The van der Waals surface area contributed by atoms with Crippen LogP contribution < -0.4 is 0 Å². The van der Waals surface area contributed by atoms with E-state index in [0.29, 0.717) is 12.8 Å². The average Bonchev–Trinajstić information content (AvgIpc) is 2.28. The highest BCUT2D eigenvalue weighted by Crippen LogP contribution is 2.23. The molecule has 15 heavy (non-hydrogen) atoms. The van der Waals surface area contributed by atoms with E-state index in [1.165, 1.54) is 0 Å². The predicted octanol–water partition coefficient (Wildman–Crippen LogP) is 2.13. The van der Waals surface area contributed by atoms with Crippen molar-refractivity contribution in [3.63, 3.8) is 0 Å². The summed E-state index contributed by atoms with van der Waals surface area (Å²) < 4.78 is 10.5. The van der Waals surface area contributed by atoms with Crippen molar-refractivity contribution in [2.45, 2.75) is 31.3 Å². The van der Waals surface area contributed by atoms with Crippen LogP contribution in [0.2, 0.25) is 0 Å². The number of azide groups is 2. The summed E-state index contributed by atoms with van der Waals surface area (Å²) in [7, 11) is 1.54. The summed E-state index contributed by atoms with van der Waals surface area (Å²) >= 11 is 0. The third-order valence-electron chi connectivity index (χ3n) is 2.24. The molecule has 0 bridgehead atoms. The van der Waals surface area contributed by atoms with Crippen LogP contribution in [0.5, 0.6) is 0 Å².